The molecule has 0 amide bonds. The Kier molecular flexibility index (Phi) is 5.53. The largest absolute Gasteiger partial charge is 0.497 e. The number of hydrogen-bond acceptors (Lipinski definition) is 6. The Morgan fingerprint density at radius 1 is 1.13 bits per heavy atom. The van der Waals surface area contributed by atoms with Gasteiger partial charge in [0.25, 0.3) is 0 Å². The first-order valence-corrected chi connectivity index (χ1v) is 9.45. The van der Waals surface area contributed by atoms with Gasteiger partial charge < -0.3 is 10.1 Å². The molecule has 0 bridgehead atoms. The Morgan fingerprint density at radius 3 is 2.65 bits per heavy atom. The SMILES string of the molecule is COc1ccc(Nc2nnc(SCc3ccccc3Br)s2)cc1. The molecule has 1 heterocycles. The molecule has 118 valence electrons. The van der Waals surface area contributed by atoms with Crippen molar-refractivity contribution >= 4 is 49.8 Å². The van der Waals surface area contributed by atoms with E-state index in [9.17, 15) is 0 Å². The highest BCUT2D eigenvalue weighted by Crippen LogP contribution is 2.31. The van der Waals surface area contributed by atoms with Crippen LogP contribution in [0.1, 0.15) is 5.56 Å². The molecule has 2 aromatic carbocycles. The number of nitrogens with one attached hydrogen (secondary N) is 1. The maximum atomic E-state index is 5.15. The van der Waals surface area contributed by atoms with Crippen molar-refractivity contribution in [2.45, 2.75) is 10.1 Å². The van der Waals surface area contributed by atoms with Crippen LogP contribution in [-0.4, -0.2) is 17.3 Å². The van der Waals surface area contributed by atoms with Crippen molar-refractivity contribution in [3.05, 3.63) is 58.6 Å². The van der Waals surface area contributed by atoms with Gasteiger partial charge in [0, 0.05) is 15.9 Å². The highest BCUT2D eigenvalue weighted by atomic mass is 79.9. The van der Waals surface area contributed by atoms with Gasteiger partial charge in [-0.25, -0.2) is 0 Å². The summed E-state index contributed by atoms with van der Waals surface area (Å²) in [4.78, 5) is 0. The number of benzene rings is 2. The lowest BCUT2D eigenvalue weighted by Gasteiger charge is -2.03. The van der Waals surface area contributed by atoms with E-state index in [2.05, 4.69) is 37.5 Å². The van der Waals surface area contributed by atoms with Gasteiger partial charge in [0.15, 0.2) is 4.34 Å². The molecule has 1 aromatic heterocycles. The third-order valence-electron chi connectivity index (χ3n) is 3.06. The molecule has 7 heteroatoms. The van der Waals surface area contributed by atoms with Crippen LogP contribution in [0.25, 0.3) is 0 Å². The van der Waals surface area contributed by atoms with E-state index in [0.29, 0.717) is 0 Å². The lowest BCUT2D eigenvalue weighted by Crippen LogP contribution is -1.89. The van der Waals surface area contributed by atoms with E-state index in [1.54, 1.807) is 30.2 Å². The van der Waals surface area contributed by atoms with Gasteiger partial charge in [0.05, 0.1) is 7.11 Å². The molecule has 0 atom stereocenters. The van der Waals surface area contributed by atoms with Crippen LogP contribution in [0.15, 0.2) is 57.3 Å². The average molecular weight is 408 g/mol. The number of methoxy groups -OCH3 is 1. The van der Waals surface area contributed by atoms with Crippen molar-refractivity contribution < 1.29 is 4.74 Å². The topological polar surface area (TPSA) is 47.0 Å². The van der Waals surface area contributed by atoms with E-state index in [1.165, 1.54) is 5.56 Å². The van der Waals surface area contributed by atoms with Gasteiger partial charge in [-0.1, -0.05) is 57.2 Å². The minimum Gasteiger partial charge on any atom is -0.497 e. The van der Waals surface area contributed by atoms with Crippen LogP contribution in [0, 0.1) is 0 Å². The molecular formula is C16H14BrN3OS2. The predicted molar refractivity (Wildman–Crippen MR) is 99.9 cm³/mol. The van der Waals surface area contributed by atoms with Crippen molar-refractivity contribution in [2.24, 2.45) is 0 Å². The van der Waals surface area contributed by atoms with Crippen molar-refractivity contribution in [3.63, 3.8) is 0 Å². The maximum absolute atomic E-state index is 5.15. The molecule has 1 N–H and O–H groups in total. The number of nitrogens with zero attached hydrogens (tertiary/aromatic N) is 2. The lowest BCUT2D eigenvalue weighted by molar-refractivity contribution is 0.415. The van der Waals surface area contributed by atoms with Crippen LogP contribution in [0.5, 0.6) is 5.75 Å². The molecule has 0 fully saturated rings. The molecule has 3 rings (SSSR count). The van der Waals surface area contributed by atoms with Crippen LogP contribution in [0.2, 0.25) is 0 Å². The number of hydrogen-bond donors (Lipinski definition) is 1. The Balaban J connectivity index is 1.60. The summed E-state index contributed by atoms with van der Waals surface area (Å²) in [7, 11) is 1.65. The zero-order valence-electron chi connectivity index (χ0n) is 12.3. The van der Waals surface area contributed by atoms with E-state index in [-0.39, 0.29) is 0 Å². The van der Waals surface area contributed by atoms with Gasteiger partial charge in [-0.2, -0.15) is 0 Å². The molecule has 0 saturated carbocycles. The molecule has 0 saturated heterocycles. The molecule has 3 aromatic rings. The van der Waals surface area contributed by atoms with Crippen LogP contribution in [0.4, 0.5) is 10.8 Å². The van der Waals surface area contributed by atoms with E-state index in [4.69, 9.17) is 4.74 Å². The van der Waals surface area contributed by atoms with E-state index >= 15 is 0 Å². The van der Waals surface area contributed by atoms with Crippen LogP contribution in [-0.2, 0) is 5.75 Å². The van der Waals surface area contributed by atoms with E-state index in [1.807, 2.05) is 42.5 Å². The second-order valence-corrected chi connectivity index (χ2v) is 7.66. The monoisotopic (exact) mass is 407 g/mol. The molecule has 0 aliphatic heterocycles. The summed E-state index contributed by atoms with van der Waals surface area (Å²) in [6.45, 7) is 0. The van der Waals surface area contributed by atoms with Crippen molar-refractivity contribution in [2.75, 3.05) is 12.4 Å². The molecule has 0 unspecified atom stereocenters. The number of halogens is 1. The number of rotatable bonds is 6. The Bertz CT molecular complexity index is 777. The summed E-state index contributed by atoms with van der Waals surface area (Å²) in [6.07, 6.45) is 0. The Morgan fingerprint density at radius 2 is 1.91 bits per heavy atom. The lowest BCUT2D eigenvalue weighted by atomic mass is 10.2. The Hall–Kier alpha value is -1.57. The minimum atomic E-state index is 0.782. The van der Waals surface area contributed by atoms with Gasteiger partial charge in [0.2, 0.25) is 5.13 Å². The first-order valence-electron chi connectivity index (χ1n) is 6.85. The van der Waals surface area contributed by atoms with Gasteiger partial charge in [-0.15, -0.1) is 10.2 Å². The van der Waals surface area contributed by atoms with Gasteiger partial charge in [0.1, 0.15) is 5.75 Å². The highest BCUT2D eigenvalue weighted by Gasteiger charge is 2.07. The second-order valence-electron chi connectivity index (χ2n) is 4.61. The standard InChI is InChI=1S/C16H14BrN3OS2/c1-21-13-8-6-12(7-9-13)18-15-19-20-16(23-15)22-10-11-4-2-3-5-14(11)17/h2-9H,10H2,1H3,(H,18,19). The summed E-state index contributed by atoms with van der Waals surface area (Å²) >= 11 is 6.79. The fourth-order valence-electron chi connectivity index (χ4n) is 1.87. The first-order chi connectivity index (χ1) is 11.2. The van der Waals surface area contributed by atoms with Crippen molar-refractivity contribution in [1.82, 2.24) is 10.2 Å². The fourth-order valence-corrected chi connectivity index (χ4v) is 4.26. The van der Waals surface area contributed by atoms with Crippen molar-refractivity contribution in [3.8, 4) is 5.75 Å². The van der Waals surface area contributed by atoms with Gasteiger partial charge in [-0.05, 0) is 35.9 Å². The molecule has 0 radical (unpaired) electrons. The third-order valence-corrected chi connectivity index (χ3v) is 5.85. The highest BCUT2D eigenvalue weighted by molar-refractivity contribution is 9.10. The van der Waals surface area contributed by atoms with Crippen LogP contribution in [0.3, 0.4) is 0 Å². The molecule has 4 nitrogen and oxygen atoms in total. The van der Waals surface area contributed by atoms with Gasteiger partial charge in [-0.3, -0.25) is 0 Å². The zero-order chi connectivity index (χ0) is 16.1. The summed E-state index contributed by atoms with van der Waals surface area (Å²) in [6, 6.07) is 15.9. The van der Waals surface area contributed by atoms with E-state index in [0.717, 1.165) is 31.1 Å². The maximum Gasteiger partial charge on any atom is 0.210 e. The fraction of sp³-hybridized carbons (Fsp3) is 0.125. The summed E-state index contributed by atoms with van der Waals surface area (Å²) < 4.78 is 7.21. The average Bonchev–Trinajstić information content (AvgIpc) is 3.02. The number of ether oxygens (including phenoxy) is 1. The first kappa shape index (κ1) is 16.3. The molecule has 0 spiro atoms. The summed E-state index contributed by atoms with van der Waals surface area (Å²) in [5.41, 5.74) is 2.21. The number of aromatic nitrogens is 2. The van der Waals surface area contributed by atoms with Gasteiger partial charge >= 0.3 is 0 Å². The molecule has 0 aliphatic carbocycles. The molecular weight excluding hydrogens is 394 g/mol. The minimum absolute atomic E-state index is 0.782. The summed E-state index contributed by atoms with van der Waals surface area (Å²) in [5, 5.41) is 12.4. The smallest absolute Gasteiger partial charge is 0.210 e. The number of anilines is 2. The normalized spacial score (nSPS) is 10.5. The third kappa shape index (κ3) is 4.46. The molecule has 0 aliphatic rings. The zero-order valence-corrected chi connectivity index (χ0v) is 15.5. The predicted octanol–water partition coefficient (Wildman–Crippen LogP) is 5.35. The number of thioether (sulfide) groups is 1. The van der Waals surface area contributed by atoms with Crippen LogP contribution < -0.4 is 10.1 Å². The van der Waals surface area contributed by atoms with Crippen LogP contribution >= 0.6 is 39.0 Å². The quantitative estimate of drug-likeness (QED) is 0.558. The van der Waals surface area contributed by atoms with Crippen molar-refractivity contribution in [1.29, 1.82) is 0 Å². The Labute approximate surface area is 151 Å². The molecule has 23 heavy (non-hydrogen) atoms. The second kappa shape index (κ2) is 7.81. The van der Waals surface area contributed by atoms with E-state index < -0.39 is 0 Å². The summed E-state index contributed by atoms with van der Waals surface area (Å²) in [5.74, 6) is 1.69.